The van der Waals surface area contributed by atoms with Gasteiger partial charge in [0.05, 0.1) is 39.6 Å². The van der Waals surface area contributed by atoms with Gasteiger partial charge in [0.1, 0.15) is 23.8 Å². The maximum atomic E-state index is 14.4. The number of hydrogen-bond donors (Lipinski definition) is 4. The van der Waals surface area contributed by atoms with Crippen molar-refractivity contribution in [3.05, 3.63) is 102 Å². The number of piperazine rings is 2. The van der Waals surface area contributed by atoms with Crippen LogP contribution < -0.4 is 30.5 Å². The smallest absolute Gasteiger partial charge is 0.243 e. The van der Waals surface area contributed by atoms with E-state index in [-0.39, 0.29) is 60.7 Å². The van der Waals surface area contributed by atoms with E-state index in [0.717, 1.165) is 98.0 Å². The molecule has 4 saturated heterocycles. The number of para-hydroxylation sites is 1. The van der Waals surface area contributed by atoms with Crippen molar-refractivity contribution < 1.29 is 29.1 Å². The van der Waals surface area contributed by atoms with E-state index in [4.69, 9.17) is 15.0 Å². The molecule has 4 aliphatic heterocycles. The highest BCUT2D eigenvalue weighted by Crippen LogP contribution is 2.42. The van der Waals surface area contributed by atoms with Crippen LogP contribution in [0.4, 0.5) is 23.0 Å². The lowest BCUT2D eigenvalue weighted by Gasteiger charge is -2.46. The second-order valence-corrected chi connectivity index (χ2v) is 22.5. The summed E-state index contributed by atoms with van der Waals surface area (Å²) in [6.45, 7) is 15.1. The summed E-state index contributed by atoms with van der Waals surface area (Å²) >= 11 is 1.60. The molecule has 394 valence electrons. The zero-order valence-electron chi connectivity index (χ0n) is 43.3. The van der Waals surface area contributed by atoms with Gasteiger partial charge in [-0.1, -0.05) is 55.4 Å². The number of aliphatic hydroxyl groups is 1. The van der Waals surface area contributed by atoms with Crippen LogP contribution in [0.15, 0.2) is 89.0 Å². The fraction of sp³-hybridized carbons (Fsp3) is 0.482. The van der Waals surface area contributed by atoms with Crippen LogP contribution in [0.1, 0.15) is 88.8 Å². The Morgan fingerprint density at radius 3 is 2.33 bits per heavy atom. The number of nitrogens with zero attached hydrogens (tertiary/aromatic N) is 10. The molecule has 5 aliphatic rings. The predicted molar refractivity (Wildman–Crippen MR) is 289 cm³/mol. The fourth-order valence-electron chi connectivity index (χ4n) is 12.2. The van der Waals surface area contributed by atoms with Gasteiger partial charge < -0.3 is 50.1 Å². The molecule has 4 aromatic heterocycles. The number of pyridine rings is 1. The number of hydrogen-bond acceptors (Lipinski definition) is 17. The number of rotatable bonds is 15. The highest BCUT2D eigenvalue weighted by molar-refractivity contribution is 7.13. The number of phenolic OH excluding ortho intramolecular Hbond substituents is 1. The van der Waals surface area contributed by atoms with Crippen molar-refractivity contribution in [2.45, 2.75) is 115 Å². The number of carbonyl (C=O) groups is 2. The van der Waals surface area contributed by atoms with Crippen LogP contribution in [0.5, 0.6) is 11.6 Å². The number of nitrogens with one attached hydrogen (secondary N) is 1. The molecule has 1 unspecified atom stereocenters. The molecule has 0 spiro atoms. The Morgan fingerprint density at radius 2 is 1.63 bits per heavy atom. The van der Waals surface area contributed by atoms with Gasteiger partial charge in [-0.05, 0) is 93.7 Å². The van der Waals surface area contributed by atoms with Crippen molar-refractivity contribution in [1.29, 1.82) is 0 Å². The first kappa shape index (κ1) is 50.3. The predicted octanol–water partition coefficient (Wildman–Crippen LogP) is 7.05. The number of aryl methyl sites for hydroxylation is 1. The third kappa shape index (κ3) is 10.2. The Labute approximate surface area is 441 Å². The topological polar surface area (TPSA) is 216 Å². The second kappa shape index (κ2) is 21.1. The molecular weight excluding hydrogens is 969 g/mol. The molecule has 5 fully saturated rings. The third-order valence-corrected chi connectivity index (χ3v) is 17.5. The first-order valence-corrected chi connectivity index (χ1v) is 27.5. The Kier molecular flexibility index (Phi) is 14.1. The molecule has 7 atom stereocenters. The van der Waals surface area contributed by atoms with Crippen molar-refractivity contribution in [3.63, 3.8) is 0 Å². The molecule has 19 heteroatoms. The average Bonchev–Trinajstić information content (AvgIpc) is 4.21. The number of β-amino-alcohol motifs (C(OH)–C–C–N with tert-alkyl or cyclic N) is 1. The molecule has 75 heavy (non-hydrogen) atoms. The van der Waals surface area contributed by atoms with Crippen LogP contribution >= 0.6 is 11.3 Å². The number of nitrogen functional groups attached to an aromatic ring is 1. The number of thiazole rings is 1. The summed E-state index contributed by atoms with van der Waals surface area (Å²) in [6.07, 6.45) is 5.41. The van der Waals surface area contributed by atoms with E-state index in [2.05, 4.69) is 69.3 Å². The van der Waals surface area contributed by atoms with E-state index in [1.807, 2.05) is 87.9 Å². The number of aliphatic hydroxyl groups excluding tert-OH is 1. The van der Waals surface area contributed by atoms with Crippen LogP contribution in [0.2, 0.25) is 0 Å². The molecule has 2 aromatic carbocycles. The van der Waals surface area contributed by atoms with Gasteiger partial charge >= 0.3 is 0 Å². The lowest BCUT2D eigenvalue weighted by molar-refractivity contribution is -0.141. The number of benzene rings is 2. The van der Waals surface area contributed by atoms with E-state index in [1.54, 1.807) is 23.5 Å². The largest absolute Gasteiger partial charge is 0.507 e. The number of aromatic hydroxyl groups is 1. The van der Waals surface area contributed by atoms with Crippen LogP contribution in [-0.2, 0) is 9.59 Å². The van der Waals surface area contributed by atoms with Gasteiger partial charge in [0.2, 0.25) is 17.7 Å². The number of ether oxygens (including phenoxy) is 1. The van der Waals surface area contributed by atoms with Gasteiger partial charge in [0.25, 0.3) is 0 Å². The zero-order valence-corrected chi connectivity index (χ0v) is 44.1. The van der Waals surface area contributed by atoms with Crippen molar-refractivity contribution in [2.75, 3.05) is 66.2 Å². The number of carbonyl (C=O) groups excluding carboxylic acids is 2. The maximum absolute atomic E-state index is 14.4. The molecule has 11 rings (SSSR count). The monoisotopic (exact) mass is 1040 g/mol. The summed E-state index contributed by atoms with van der Waals surface area (Å²) in [5.41, 5.74) is 14.4. The number of likely N-dealkylation sites (tertiary alicyclic amines) is 1. The molecule has 18 nitrogen and oxygen atoms in total. The standard InChI is InChI=1S/C56H68N12O6S/c1-32(2)52(56(72)67-30-42(69)25-47(67)55(71)60-33(3)36-10-12-37(13-11-36)53-34(4)59-31-75-53)49-27-50(63-74-49)65-20-18-64(19-21-65)35(5)38-22-43(23-38)73-51-24-39(16-17-58-51)68-40-14-15-41(68)29-66(28-40)46-26-45(61-62-54(46)57)44-8-6-7-9-48(44)70/h6-13,16-17,24,26-27,31-33,35,38,40-43,47,52,69-70H,14-15,18-23,25,28-30H2,1-5H3,(H2,57,62)(H,60,71)/t33-,35-,38?,40+,41?,42+,43?,47-,52+/m0/s1. The van der Waals surface area contributed by atoms with Crippen molar-refractivity contribution in [2.24, 2.45) is 11.8 Å². The lowest BCUT2D eigenvalue weighted by Crippen LogP contribution is -2.54. The fourth-order valence-corrected chi connectivity index (χ4v) is 13.0. The molecule has 1 saturated carbocycles. The summed E-state index contributed by atoms with van der Waals surface area (Å²) < 4.78 is 12.5. The van der Waals surface area contributed by atoms with Gasteiger partial charge in [0, 0.05) is 99.9 Å². The second-order valence-electron chi connectivity index (χ2n) is 21.6. The van der Waals surface area contributed by atoms with Crippen molar-refractivity contribution >= 4 is 46.2 Å². The highest BCUT2D eigenvalue weighted by atomic mass is 32.1. The molecule has 5 N–H and O–H groups in total. The number of fused-ring (bicyclic) bond motifs is 2. The quantitative estimate of drug-likeness (QED) is 0.0811. The first-order valence-electron chi connectivity index (χ1n) is 26.6. The Bertz CT molecular complexity index is 2980. The van der Waals surface area contributed by atoms with Gasteiger partial charge in [-0.25, -0.2) is 9.97 Å². The zero-order chi connectivity index (χ0) is 52.1. The highest BCUT2D eigenvalue weighted by Gasteiger charge is 2.45. The maximum Gasteiger partial charge on any atom is 0.243 e. The summed E-state index contributed by atoms with van der Waals surface area (Å²) in [6, 6.07) is 23.1. The SMILES string of the molecule is Cc1ncsc1-c1ccc([C@H](C)NC(=O)[C@@H]2C[C@@H](O)CN2C(=O)[C@@H](c2cc(N3CCN([C@@H](C)C4CC(Oc5cc(N6C7CC[C@@H]6CN(c6cc(-c8ccccc8O)nnc6N)C7)ccn5)C4)CC3)no2)C(C)C)cc1. The van der Waals surface area contributed by atoms with E-state index in [9.17, 15) is 19.8 Å². The van der Waals surface area contributed by atoms with Gasteiger partial charge in [-0.2, -0.15) is 0 Å². The van der Waals surface area contributed by atoms with E-state index < -0.39 is 18.1 Å². The minimum absolute atomic E-state index is 0.0746. The molecule has 2 bridgehead atoms. The van der Waals surface area contributed by atoms with Gasteiger partial charge in [-0.3, -0.25) is 14.5 Å². The molecule has 6 aromatic rings. The third-order valence-electron chi connectivity index (χ3n) is 16.5. The van der Waals surface area contributed by atoms with Crippen LogP contribution in [0.25, 0.3) is 21.7 Å². The van der Waals surface area contributed by atoms with Crippen LogP contribution in [0.3, 0.4) is 0 Å². The number of nitrogens with two attached hydrogens (primary N) is 1. The van der Waals surface area contributed by atoms with Gasteiger partial charge in [0.15, 0.2) is 17.4 Å². The lowest BCUT2D eigenvalue weighted by atomic mass is 9.77. The molecule has 0 radical (unpaired) electrons. The molecule has 8 heterocycles. The number of anilines is 4. The summed E-state index contributed by atoms with van der Waals surface area (Å²) in [4.78, 5) is 49.5. The summed E-state index contributed by atoms with van der Waals surface area (Å²) in [5.74, 6) is 1.53. The normalized spacial score (nSPS) is 24.0. The number of aromatic nitrogens is 5. The van der Waals surface area contributed by atoms with E-state index >= 15 is 0 Å². The summed E-state index contributed by atoms with van der Waals surface area (Å²) in [5, 5.41) is 37.4. The van der Waals surface area contributed by atoms with Crippen LogP contribution in [0, 0.1) is 18.8 Å². The van der Waals surface area contributed by atoms with Crippen LogP contribution in [-0.4, -0.2) is 139 Å². The van der Waals surface area contributed by atoms with Crippen molar-refractivity contribution in [1.82, 2.24) is 40.4 Å². The Balaban J connectivity index is 0.652. The Hall–Kier alpha value is -6.83. The van der Waals surface area contributed by atoms with E-state index in [0.29, 0.717) is 46.5 Å². The number of amides is 2. The first-order chi connectivity index (χ1) is 36.3. The minimum atomic E-state index is -0.812. The molecular formula is C56H68N12O6S. The van der Waals surface area contributed by atoms with Crippen molar-refractivity contribution in [3.8, 4) is 33.3 Å². The average molecular weight is 1040 g/mol. The minimum Gasteiger partial charge on any atom is -0.507 e. The molecule has 1 aliphatic carbocycles. The molecule has 2 amide bonds. The Morgan fingerprint density at radius 1 is 0.880 bits per heavy atom. The van der Waals surface area contributed by atoms with E-state index in [1.165, 1.54) is 4.90 Å². The van der Waals surface area contributed by atoms with Gasteiger partial charge in [-0.15, -0.1) is 21.5 Å². The summed E-state index contributed by atoms with van der Waals surface area (Å²) in [7, 11) is 0. The number of phenols is 1.